The van der Waals surface area contributed by atoms with Crippen molar-refractivity contribution >= 4 is 35.5 Å². The molecule has 0 saturated carbocycles. The van der Waals surface area contributed by atoms with Crippen molar-refractivity contribution in [1.82, 2.24) is 19.8 Å². The van der Waals surface area contributed by atoms with Crippen molar-refractivity contribution in [3.8, 4) is 0 Å². The van der Waals surface area contributed by atoms with E-state index in [4.69, 9.17) is 16.4 Å². The predicted molar refractivity (Wildman–Crippen MR) is 118 cm³/mol. The Balaban J connectivity index is 1.42. The van der Waals surface area contributed by atoms with Crippen molar-refractivity contribution in [3.05, 3.63) is 40.9 Å². The first kappa shape index (κ1) is 23.2. The number of rotatable bonds is 6. The van der Waals surface area contributed by atoms with Gasteiger partial charge in [0.15, 0.2) is 0 Å². The van der Waals surface area contributed by atoms with E-state index in [1.165, 1.54) is 6.08 Å². The molecule has 0 spiro atoms. The van der Waals surface area contributed by atoms with Crippen LogP contribution in [-0.2, 0) is 19.2 Å². The second-order valence-electron chi connectivity index (χ2n) is 7.71. The van der Waals surface area contributed by atoms with Crippen molar-refractivity contribution in [2.75, 3.05) is 58.9 Å². The Bertz CT molecular complexity index is 823. The zero-order valence-corrected chi connectivity index (χ0v) is 18.6. The Morgan fingerprint density at radius 3 is 2.55 bits per heavy atom. The van der Waals surface area contributed by atoms with E-state index in [2.05, 4.69) is 4.90 Å². The highest BCUT2D eigenvalue weighted by atomic mass is 35.5. The first-order valence-corrected chi connectivity index (χ1v) is 10.9. The van der Waals surface area contributed by atoms with E-state index in [1.54, 1.807) is 30.2 Å². The highest BCUT2D eigenvalue weighted by molar-refractivity contribution is 6.30. The highest BCUT2D eigenvalue weighted by Gasteiger charge is 2.24. The lowest BCUT2D eigenvalue weighted by molar-refractivity contribution is -0.183. The Kier molecular flexibility index (Phi) is 8.45. The standard InChI is InChI=1S/C22H29ClN4O4/c1-18(28)25-12-9-24(10-13-25)11-14-26-15-16-27(8-7-21(26)29)31-22(30)6-5-19-3-2-4-20(23)17-19/h2-6,17H,7-16H2,1H3. The molecule has 2 fully saturated rings. The van der Waals surface area contributed by atoms with E-state index < -0.39 is 5.97 Å². The number of hydrogen-bond donors (Lipinski definition) is 0. The summed E-state index contributed by atoms with van der Waals surface area (Å²) in [6.45, 7) is 7.48. The number of carbonyl (C=O) groups excluding carboxylic acids is 3. The first-order chi connectivity index (χ1) is 14.9. The zero-order valence-electron chi connectivity index (χ0n) is 17.8. The molecule has 0 atom stereocenters. The molecule has 31 heavy (non-hydrogen) atoms. The van der Waals surface area contributed by atoms with Crippen LogP contribution < -0.4 is 0 Å². The van der Waals surface area contributed by atoms with Gasteiger partial charge in [0.25, 0.3) is 0 Å². The van der Waals surface area contributed by atoms with Gasteiger partial charge in [0.1, 0.15) is 0 Å². The summed E-state index contributed by atoms with van der Waals surface area (Å²) in [6, 6.07) is 7.18. The molecule has 0 N–H and O–H groups in total. The second kappa shape index (κ2) is 11.3. The number of benzene rings is 1. The van der Waals surface area contributed by atoms with E-state index >= 15 is 0 Å². The Morgan fingerprint density at radius 2 is 1.84 bits per heavy atom. The van der Waals surface area contributed by atoms with Crippen LogP contribution in [0.4, 0.5) is 0 Å². The summed E-state index contributed by atoms with van der Waals surface area (Å²) < 4.78 is 0. The van der Waals surface area contributed by atoms with Gasteiger partial charge in [-0.05, 0) is 23.8 Å². The molecule has 8 nitrogen and oxygen atoms in total. The van der Waals surface area contributed by atoms with Crippen LogP contribution in [0.5, 0.6) is 0 Å². The maximum absolute atomic E-state index is 12.5. The molecule has 2 aliphatic rings. The topological polar surface area (TPSA) is 73.4 Å². The molecule has 1 aromatic rings. The molecule has 0 aromatic heterocycles. The predicted octanol–water partition coefficient (Wildman–Crippen LogP) is 1.51. The summed E-state index contributed by atoms with van der Waals surface area (Å²) >= 11 is 5.94. The van der Waals surface area contributed by atoms with E-state index in [0.717, 1.165) is 38.3 Å². The molecule has 2 aliphatic heterocycles. The van der Waals surface area contributed by atoms with E-state index in [1.807, 2.05) is 21.9 Å². The Labute approximate surface area is 187 Å². The molecule has 0 unspecified atom stereocenters. The van der Waals surface area contributed by atoms with Crippen LogP contribution in [0.3, 0.4) is 0 Å². The molecule has 0 bridgehead atoms. The fraction of sp³-hybridized carbons (Fsp3) is 0.500. The maximum Gasteiger partial charge on any atom is 0.349 e. The summed E-state index contributed by atoms with van der Waals surface area (Å²) in [6.07, 6.45) is 3.32. The minimum Gasteiger partial charge on any atom is -0.364 e. The summed E-state index contributed by atoms with van der Waals surface area (Å²) in [5.74, 6) is -0.306. The van der Waals surface area contributed by atoms with Gasteiger partial charge in [0, 0.05) is 76.8 Å². The van der Waals surface area contributed by atoms with Crippen LogP contribution in [0.15, 0.2) is 30.3 Å². The quantitative estimate of drug-likeness (QED) is 0.614. The number of hydroxylamine groups is 2. The Hall–Kier alpha value is -2.42. The molecular formula is C22H29ClN4O4. The van der Waals surface area contributed by atoms with Crippen LogP contribution in [-0.4, -0.2) is 96.4 Å². The van der Waals surface area contributed by atoms with Crippen molar-refractivity contribution < 1.29 is 19.2 Å². The van der Waals surface area contributed by atoms with Gasteiger partial charge in [-0.15, -0.1) is 5.06 Å². The third-order valence-corrected chi connectivity index (χ3v) is 5.77. The largest absolute Gasteiger partial charge is 0.364 e. The molecule has 2 heterocycles. The molecule has 0 radical (unpaired) electrons. The number of amides is 2. The van der Waals surface area contributed by atoms with Gasteiger partial charge in [-0.2, -0.15) is 0 Å². The van der Waals surface area contributed by atoms with Crippen molar-refractivity contribution in [2.45, 2.75) is 13.3 Å². The van der Waals surface area contributed by atoms with Gasteiger partial charge in [-0.1, -0.05) is 23.7 Å². The van der Waals surface area contributed by atoms with Crippen LogP contribution >= 0.6 is 11.6 Å². The van der Waals surface area contributed by atoms with E-state index in [0.29, 0.717) is 37.6 Å². The number of piperazine rings is 1. The maximum atomic E-state index is 12.5. The monoisotopic (exact) mass is 448 g/mol. The van der Waals surface area contributed by atoms with Crippen molar-refractivity contribution in [3.63, 3.8) is 0 Å². The normalized spacial score (nSPS) is 19.0. The lowest BCUT2D eigenvalue weighted by Gasteiger charge is -2.35. The molecule has 168 valence electrons. The summed E-state index contributed by atoms with van der Waals surface area (Å²) in [5.41, 5.74) is 0.811. The van der Waals surface area contributed by atoms with Crippen molar-refractivity contribution in [1.29, 1.82) is 0 Å². The first-order valence-electron chi connectivity index (χ1n) is 10.6. The smallest absolute Gasteiger partial charge is 0.349 e. The molecule has 9 heteroatoms. The third-order valence-electron chi connectivity index (χ3n) is 5.53. The number of carbonyl (C=O) groups is 3. The van der Waals surface area contributed by atoms with Gasteiger partial charge in [-0.25, -0.2) is 4.79 Å². The average Bonchev–Trinajstić information content (AvgIpc) is 2.92. The fourth-order valence-corrected chi connectivity index (χ4v) is 3.85. The average molecular weight is 449 g/mol. The highest BCUT2D eigenvalue weighted by Crippen LogP contribution is 2.12. The Morgan fingerprint density at radius 1 is 1.06 bits per heavy atom. The minimum absolute atomic E-state index is 0.0652. The number of nitrogens with zero attached hydrogens (tertiary/aromatic N) is 4. The molecule has 0 aliphatic carbocycles. The summed E-state index contributed by atoms with van der Waals surface area (Å²) in [4.78, 5) is 47.4. The molecule has 2 saturated heterocycles. The van der Waals surface area contributed by atoms with Gasteiger partial charge in [0.05, 0.1) is 6.54 Å². The van der Waals surface area contributed by atoms with Crippen LogP contribution in [0, 0.1) is 0 Å². The lowest BCUT2D eigenvalue weighted by atomic mass is 10.2. The number of hydrogen-bond acceptors (Lipinski definition) is 6. The third kappa shape index (κ3) is 7.34. The summed E-state index contributed by atoms with van der Waals surface area (Å²) in [5, 5.41) is 2.15. The van der Waals surface area contributed by atoms with Crippen molar-refractivity contribution in [2.24, 2.45) is 0 Å². The summed E-state index contributed by atoms with van der Waals surface area (Å²) in [7, 11) is 0. The SMILES string of the molecule is CC(=O)N1CCN(CCN2CCN(OC(=O)C=Cc3cccc(Cl)c3)CCC2=O)CC1. The zero-order chi connectivity index (χ0) is 22.2. The number of halogens is 1. The van der Waals surface area contributed by atoms with Crippen LogP contribution in [0.1, 0.15) is 18.9 Å². The van der Waals surface area contributed by atoms with E-state index in [-0.39, 0.29) is 11.8 Å². The van der Waals surface area contributed by atoms with E-state index in [9.17, 15) is 14.4 Å². The molecule has 3 rings (SSSR count). The van der Waals surface area contributed by atoms with Crippen LogP contribution in [0.2, 0.25) is 5.02 Å². The van der Waals surface area contributed by atoms with Gasteiger partial charge >= 0.3 is 5.97 Å². The lowest BCUT2D eigenvalue weighted by Crippen LogP contribution is -2.50. The molecular weight excluding hydrogens is 420 g/mol. The fourth-order valence-electron chi connectivity index (χ4n) is 3.66. The molecule has 1 aromatic carbocycles. The second-order valence-corrected chi connectivity index (χ2v) is 8.14. The van der Waals surface area contributed by atoms with Crippen LogP contribution in [0.25, 0.3) is 6.08 Å². The van der Waals surface area contributed by atoms with Gasteiger partial charge < -0.3 is 14.6 Å². The van der Waals surface area contributed by atoms with Gasteiger partial charge in [-0.3, -0.25) is 14.5 Å². The minimum atomic E-state index is -0.482. The molecule has 2 amide bonds. The van der Waals surface area contributed by atoms with Gasteiger partial charge in [0.2, 0.25) is 11.8 Å².